The Kier molecular flexibility index (Phi) is 4.31. The molecule has 3 N–H and O–H groups in total. The van der Waals surface area contributed by atoms with Crippen LogP contribution in [0.5, 0.6) is 0 Å². The maximum absolute atomic E-state index is 12.2. The first kappa shape index (κ1) is 15.1. The van der Waals surface area contributed by atoms with E-state index in [9.17, 15) is 14.7 Å². The van der Waals surface area contributed by atoms with Crippen molar-refractivity contribution in [1.29, 1.82) is 0 Å². The molecule has 0 aliphatic heterocycles. The molecule has 0 spiro atoms. The zero-order valence-electron chi connectivity index (χ0n) is 12.3. The van der Waals surface area contributed by atoms with Gasteiger partial charge in [-0.2, -0.15) is 0 Å². The molecule has 0 bridgehead atoms. The Morgan fingerprint density at radius 1 is 1.24 bits per heavy atom. The van der Waals surface area contributed by atoms with Gasteiger partial charge in [-0.05, 0) is 36.4 Å². The van der Waals surface area contributed by atoms with E-state index in [0.717, 1.165) is 10.9 Å². The van der Waals surface area contributed by atoms with Gasteiger partial charge in [-0.15, -0.1) is 0 Å². The Labute approximate surface area is 123 Å². The summed E-state index contributed by atoms with van der Waals surface area (Å²) in [5.74, 6) is -1.12. The normalized spacial score (nSPS) is 11.5. The fourth-order valence-corrected chi connectivity index (χ4v) is 2.42. The molecule has 0 saturated heterocycles. The van der Waals surface area contributed by atoms with E-state index in [-0.39, 0.29) is 12.5 Å². The molecule has 1 aromatic heterocycles. The van der Waals surface area contributed by atoms with E-state index in [0.29, 0.717) is 18.4 Å². The summed E-state index contributed by atoms with van der Waals surface area (Å²) in [4.78, 5) is 26.7. The molecule has 2 rings (SSSR count). The quantitative estimate of drug-likeness (QED) is 0.764. The third kappa shape index (κ3) is 2.91. The number of carboxylic acid groups (broad SMARTS) is 1. The lowest BCUT2D eigenvalue weighted by molar-refractivity contribution is -0.149. The zero-order valence-corrected chi connectivity index (χ0v) is 12.3. The molecule has 1 aromatic carbocycles. The number of aromatic nitrogens is 1. The molecule has 0 fully saturated rings. The number of hydrogen-bond donors (Lipinski definition) is 3. The Morgan fingerprint density at radius 3 is 2.57 bits per heavy atom. The zero-order chi connectivity index (χ0) is 15.5. The van der Waals surface area contributed by atoms with Crippen LogP contribution in [0.2, 0.25) is 0 Å². The van der Waals surface area contributed by atoms with Crippen LogP contribution < -0.4 is 5.32 Å². The fourth-order valence-electron chi connectivity index (χ4n) is 2.42. The Balaban J connectivity index is 2.12. The summed E-state index contributed by atoms with van der Waals surface area (Å²) in [7, 11) is 0. The molecule has 5 heteroatoms. The first-order valence-corrected chi connectivity index (χ1v) is 7.11. The molecular weight excluding hydrogens is 268 g/mol. The predicted molar refractivity (Wildman–Crippen MR) is 81.3 cm³/mol. The lowest BCUT2D eigenvalue weighted by atomic mass is 9.82. The first-order valence-electron chi connectivity index (χ1n) is 7.11. The minimum Gasteiger partial charge on any atom is -0.481 e. The molecule has 21 heavy (non-hydrogen) atoms. The molecule has 2 aromatic rings. The number of aliphatic carboxylic acids is 1. The highest BCUT2D eigenvalue weighted by atomic mass is 16.4. The average Bonchev–Trinajstić information content (AvgIpc) is 2.95. The van der Waals surface area contributed by atoms with E-state index in [1.807, 2.05) is 32.2 Å². The average molecular weight is 288 g/mol. The minimum atomic E-state index is -0.897. The maximum Gasteiger partial charge on any atom is 0.311 e. The molecule has 1 amide bonds. The molecule has 5 nitrogen and oxygen atoms in total. The number of fused-ring (bicyclic) bond motifs is 1. The number of carbonyl (C=O) groups is 2. The van der Waals surface area contributed by atoms with Gasteiger partial charge in [0, 0.05) is 23.8 Å². The van der Waals surface area contributed by atoms with Crippen LogP contribution in [0.25, 0.3) is 10.9 Å². The third-order valence-corrected chi connectivity index (χ3v) is 4.21. The second kappa shape index (κ2) is 5.99. The number of carboxylic acids is 1. The summed E-state index contributed by atoms with van der Waals surface area (Å²) in [6, 6.07) is 7.31. The number of amides is 1. The van der Waals surface area contributed by atoms with Crippen molar-refractivity contribution in [2.75, 3.05) is 6.54 Å². The Hall–Kier alpha value is -2.30. The molecule has 0 unspecified atom stereocenters. The van der Waals surface area contributed by atoms with Crippen molar-refractivity contribution in [3.05, 3.63) is 36.0 Å². The largest absolute Gasteiger partial charge is 0.481 e. The lowest BCUT2D eigenvalue weighted by Gasteiger charge is -2.26. The molecule has 0 aliphatic rings. The molecule has 0 saturated carbocycles. The highest BCUT2D eigenvalue weighted by Crippen LogP contribution is 2.26. The Morgan fingerprint density at radius 2 is 1.95 bits per heavy atom. The van der Waals surface area contributed by atoms with Crippen LogP contribution in [-0.4, -0.2) is 28.5 Å². The molecule has 0 atom stereocenters. The van der Waals surface area contributed by atoms with E-state index in [4.69, 9.17) is 0 Å². The van der Waals surface area contributed by atoms with Gasteiger partial charge >= 0.3 is 5.97 Å². The predicted octanol–water partition coefficient (Wildman–Crippen LogP) is 2.79. The number of aromatic amines is 1. The summed E-state index contributed by atoms with van der Waals surface area (Å²) < 4.78 is 0. The highest BCUT2D eigenvalue weighted by Gasteiger charge is 2.35. The van der Waals surface area contributed by atoms with Crippen LogP contribution in [0, 0.1) is 5.41 Å². The summed E-state index contributed by atoms with van der Waals surface area (Å²) in [6.07, 6.45) is 2.78. The van der Waals surface area contributed by atoms with E-state index >= 15 is 0 Å². The van der Waals surface area contributed by atoms with Gasteiger partial charge in [-0.1, -0.05) is 19.9 Å². The van der Waals surface area contributed by atoms with Crippen molar-refractivity contribution in [3.63, 3.8) is 0 Å². The summed E-state index contributed by atoms with van der Waals surface area (Å²) in [5.41, 5.74) is 0.515. The lowest BCUT2D eigenvalue weighted by Crippen LogP contribution is -2.42. The van der Waals surface area contributed by atoms with Crippen LogP contribution >= 0.6 is 0 Å². The standard InChI is InChI=1S/C16H20N2O3/c1-3-16(4-2,15(20)21)10-18-14(19)12-6-5-11-7-8-17-13(11)9-12/h5-9,17H,3-4,10H2,1-2H3,(H,18,19)(H,20,21). The van der Waals surface area contributed by atoms with Crippen molar-refractivity contribution < 1.29 is 14.7 Å². The van der Waals surface area contributed by atoms with Gasteiger partial charge in [0.15, 0.2) is 0 Å². The Bertz CT molecular complexity index is 656. The first-order chi connectivity index (χ1) is 10.0. The van der Waals surface area contributed by atoms with Gasteiger partial charge in [-0.3, -0.25) is 9.59 Å². The van der Waals surface area contributed by atoms with Crippen molar-refractivity contribution in [1.82, 2.24) is 10.3 Å². The van der Waals surface area contributed by atoms with Crippen LogP contribution in [0.4, 0.5) is 0 Å². The fraction of sp³-hybridized carbons (Fsp3) is 0.375. The van der Waals surface area contributed by atoms with Gasteiger partial charge < -0.3 is 15.4 Å². The topological polar surface area (TPSA) is 82.2 Å². The van der Waals surface area contributed by atoms with Crippen LogP contribution in [0.15, 0.2) is 30.5 Å². The molecule has 0 aliphatic carbocycles. The molecular formula is C16H20N2O3. The van der Waals surface area contributed by atoms with Gasteiger partial charge in [0.05, 0.1) is 5.41 Å². The van der Waals surface area contributed by atoms with E-state index in [2.05, 4.69) is 10.3 Å². The maximum atomic E-state index is 12.2. The summed E-state index contributed by atoms with van der Waals surface area (Å²) in [5, 5.41) is 13.1. The SMILES string of the molecule is CCC(CC)(CNC(=O)c1ccc2cc[nH]c2c1)C(=O)O. The van der Waals surface area contributed by atoms with E-state index in [1.165, 1.54) is 0 Å². The molecule has 0 radical (unpaired) electrons. The number of nitrogens with one attached hydrogen (secondary N) is 2. The van der Waals surface area contributed by atoms with Crippen molar-refractivity contribution >= 4 is 22.8 Å². The van der Waals surface area contributed by atoms with Gasteiger partial charge in [0.25, 0.3) is 5.91 Å². The second-order valence-corrected chi connectivity index (χ2v) is 5.25. The van der Waals surface area contributed by atoms with Crippen LogP contribution in [0.1, 0.15) is 37.0 Å². The van der Waals surface area contributed by atoms with Crippen molar-refractivity contribution in [2.45, 2.75) is 26.7 Å². The number of hydrogen-bond acceptors (Lipinski definition) is 2. The van der Waals surface area contributed by atoms with Crippen LogP contribution in [-0.2, 0) is 4.79 Å². The summed E-state index contributed by atoms with van der Waals surface area (Å²) in [6.45, 7) is 3.79. The van der Waals surface area contributed by atoms with E-state index in [1.54, 1.807) is 12.1 Å². The number of carbonyl (C=O) groups excluding carboxylic acids is 1. The highest BCUT2D eigenvalue weighted by molar-refractivity contribution is 5.98. The third-order valence-electron chi connectivity index (χ3n) is 4.21. The van der Waals surface area contributed by atoms with E-state index < -0.39 is 11.4 Å². The second-order valence-electron chi connectivity index (χ2n) is 5.25. The molecule has 1 heterocycles. The van der Waals surface area contributed by atoms with Crippen molar-refractivity contribution in [2.24, 2.45) is 5.41 Å². The monoisotopic (exact) mass is 288 g/mol. The van der Waals surface area contributed by atoms with Gasteiger partial charge in [0.2, 0.25) is 0 Å². The van der Waals surface area contributed by atoms with Gasteiger partial charge in [-0.25, -0.2) is 0 Å². The van der Waals surface area contributed by atoms with Crippen LogP contribution in [0.3, 0.4) is 0 Å². The van der Waals surface area contributed by atoms with Crippen molar-refractivity contribution in [3.8, 4) is 0 Å². The van der Waals surface area contributed by atoms with Gasteiger partial charge in [0.1, 0.15) is 0 Å². The molecule has 112 valence electrons. The number of benzene rings is 1. The number of rotatable bonds is 6. The minimum absolute atomic E-state index is 0.136. The summed E-state index contributed by atoms with van der Waals surface area (Å²) >= 11 is 0. The number of H-pyrrole nitrogens is 1. The smallest absolute Gasteiger partial charge is 0.311 e.